The first-order chi connectivity index (χ1) is 17.8. The summed E-state index contributed by atoms with van der Waals surface area (Å²) in [5.74, 6) is 5.78. The summed E-state index contributed by atoms with van der Waals surface area (Å²) < 4.78 is 15.6. The van der Waals surface area contributed by atoms with Crippen molar-refractivity contribution < 1.29 is 28.3 Å². The minimum atomic E-state index is -0.968. The normalized spacial score (nSPS) is 15.7. The number of hydrogen-bond donors (Lipinski definition) is 2. The molecular weight excluding hydrogens is 504 g/mol. The Kier molecular flexibility index (Phi) is 7.80. The smallest absolute Gasteiger partial charge is 0.399 e. The zero-order valence-corrected chi connectivity index (χ0v) is 20.8. The molecule has 1 aliphatic rings. The number of aromatic nitrogens is 1. The summed E-state index contributed by atoms with van der Waals surface area (Å²) in [5.41, 5.74) is 1.36. The van der Waals surface area contributed by atoms with Crippen molar-refractivity contribution in [3.05, 3.63) is 71.1 Å². The van der Waals surface area contributed by atoms with E-state index >= 15 is 0 Å². The summed E-state index contributed by atoms with van der Waals surface area (Å²) in [6.07, 6.45) is 0.115. The van der Waals surface area contributed by atoms with Crippen LogP contribution in [0.4, 0.5) is 15.3 Å². The molecule has 1 saturated heterocycles. The van der Waals surface area contributed by atoms with E-state index in [0.717, 1.165) is 15.5 Å². The van der Waals surface area contributed by atoms with E-state index in [1.54, 1.807) is 62.4 Å². The molecule has 4 rings (SSSR count). The number of oxazole rings is 1. The van der Waals surface area contributed by atoms with E-state index in [2.05, 4.69) is 10.3 Å². The van der Waals surface area contributed by atoms with Gasteiger partial charge in [0, 0.05) is 17.3 Å². The Bertz CT molecular complexity index is 1270. The van der Waals surface area contributed by atoms with E-state index in [4.69, 9.17) is 31.3 Å². The van der Waals surface area contributed by atoms with Crippen LogP contribution in [0.1, 0.15) is 30.0 Å². The summed E-state index contributed by atoms with van der Waals surface area (Å²) in [4.78, 5) is 44.0. The monoisotopic (exact) mass is 528 g/mol. The number of halogens is 1. The van der Waals surface area contributed by atoms with Gasteiger partial charge in [-0.05, 0) is 55.8 Å². The van der Waals surface area contributed by atoms with Gasteiger partial charge >= 0.3 is 24.1 Å². The molecule has 0 bridgehead atoms. The van der Waals surface area contributed by atoms with Crippen LogP contribution in [0.25, 0.3) is 0 Å². The van der Waals surface area contributed by atoms with Gasteiger partial charge in [0.15, 0.2) is 0 Å². The number of amides is 4. The van der Waals surface area contributed by atoms with Crippen LogP contribution < -0.4 is 15.9 Å². The van der Waals surface area contributed by atoms with Crippen LogP contribution in [0.2, 0.25) is 5.02 Å². The Hall–Kier alpha value is -4.29. The molecule has 13 heteroatoms. The van der Waals surface area contributed by atoms with Crippen molar-refractivity contribution in [3.63, 3.8) is 0 Å². The van der Waals surface area contributed by atoms with Crippen molar-refractivity contribution >= 4 is 35.3 Å². The molecule has 37 heavy (non-hydrogen) atoms. The van der Waals surface area contributed by atoms with Gasteiger partial charge in [0.25, 0.3) is 0 Å². The van der Waals surface area contributed by atoms with Gasteiger partial charge < -0.3 is 19.2 Å². The Labute approximate surface area is 217 Å². The zero-order valence-electron chi connectivity index (χ0n) is 20.1. The molecule has 2 heterocycles. The lowest BCUT2D eigenvalue weighted by atomic mass is 10.2. The molecule has 194 valence electrons. The molecule has 0 saturated carbocycles. The third-order valence-electron chi connectivity index (χ3n) is 5.39. The quantitative estimate of drug-likeness (QED) is 0.236. The SMILES string of the molecule is CCOC(=O)c1cnc(Oc2ccc(NC3N(N)C(=O)N(CC)C(=O)N3Cc3ccc(Cl)cc3)cc2)o1. The van der Waals surface area contributed by atoms with Crippen LogP contribution in [0.5, 0.6) is 11.8 Å². The van der Waals surface area contributed by atoms with Gasteiger partial charge in [-0.1, -0.05) is 23.7 Å². The molecule has 4 amide bonds. The number of esters is 1. The number of urea groups is 2. The average molecular weight is 529 g/mol. The Morgan fingerprint density at radius 1 is 1.11 bits per heavy atom. The van der Waals surface area contributed by atoms with Crippen molar-refractivity contribution in [1.82, 2.24) is 19.8 Å². The minimum absolute atomic E-state index is 0.0771. The fourth-order valence-electron chi connectivity index (χ4n) is 3.57. The molecule has 0 aliphatic carbocycles. The first kappa shape index (κ1) is 25.8. The first-order valence-corrected chi connectivity index (χ1v) is 11.8. The molecule has 1 aromatic heterocycles. The maximum Gasteiger partial charge on any atom is 0.399 e. The molecule has 1 fully saturated rings. The largest absolute Gasteiger partial charge is 0.460 e. The maximum atomic E-state index is 13.1. The van der Waals surface area contributed by atoms with Crippen molar-refractivity contribution in [3.8, 4) is 11.8 Å². The second-order valence-corrected chi connectivity index (χ2v) is 8.26. The molecule has 0 spiro atoms. The Balaban J connectivity index is 1.49. The first-order valence-electron chi connectivity index (χ1n) is 11.4. The number of nitrogens with zero attached hydrogens (tertiary/aromatic N) is 4. The molecule has 2 aromatic carbocycles. The molecule has 1 unspecified atom stereocenters. The van der Waals surface area contributed by atoms with E-state index in [-0.39, 0.29) is 31.5 Å². The zero-order chi connectivity index (χ0) is 26.5. The van der Waals surface area contributed by atoms with Gasteiger partial charge in [0.05, 0.1) is 19.3 Å². The average Bonchev–Trinajstić information content (AvgIpc) is 3.36. The number of anilines is 1. The lowest BCUT2D eigenvalue weighted by Gasteiger charge is -2.45. The highest BCUT2D eigenvalue weighted by Crippen LogP contribution is 2.26. The van der Waals surface area contributed by atoms with Gasteiger partial charge in [-0.2, -0.15) is 4.98 Å². The summed E-state index contributed by atoms with van der Waals surface area (Å²) in [6.45, 7) is 3.93. The second-order valence-electron chi connectivity index (χ2n) is 7.83. The molecular formula is C24H25ClN6O6. The second kappa shape index (κ2) is 11.2. The van der Waals surface area contributed by atoms with Gasteiger partial charge in [0.1, 0.15) is 5.75 Å². The number of ether oxygens (including phenoxy) is 2. The van der Waals surface area contributed by atoms with Crippen LogP contribution in [-0.2, 0) is 11.3 Å². The number of imide groups is 1. The number of carbonyl (C=O) groups is 3. The Morgan fingerprint density at radius 2 is 1.81 bits per heavy atom. The van der Waals surface area contributed by atoms with Crippen LogP contribution in [0.15, 0.2) is 59.1 Å². The van der Waals surface area contributed by atoms with Gasteiger partial charge in [-0.3, -0.25) is 4.90 Å². The standard InChI is InChI=1S/C24H25ClN6O6/c1-3-29-23(33)30(14-15-5-7-16(25)8-6-15)21(31(26)24(29)34)28-17-9-11-18(12-10-17)36-22-27-13-19(37-22)20(32)35-4-2/h5-13,21,28H,3-4,14,26H2,1-2H3. The molecule has 3 aromatic rings. The number of hydrogen-bond acceptors (Lipinski definition) is 9. The number of carbonyl (C=O) groups excluding carboxylic acids is 3. The number of nitrogens with one attached hydrogen (secondary N) is 1. The third-order valence-corrected chi connectivity index (χ3v) is 5.64. The summed E-state index contributed by atoms with van der Waals surface area (Å²) in [5, 5.41) is 4.65. The number of rotatable bonds is 9. The van der Waals surface area contributed by atoms with E-state index < -0.39 is 24.3 Å². The summed E-state index contributed by atoms with van der Waals surface area (Å²) in [6, 6.07) is 12.5. The highest BCUT2D eigenvalue weighted by atomic mass is 35.5. The molecule has 1 aliphatic heterocycles. The molecule has 0 radical (unpaired) electrons. The van der Waals surface area contributed by atoms with Crippen molar-refractivity contribution in [2.45, 2.75) is 26.7 Å². The molecule has 3 N–H and O–H groups in total. The predicted molar refractivity (Wildman–Crippen MR) is 133 cm³/mol. The highest BCUT2D eigenvalue weighted by molar-refractivity contribution is 6.30. The van der Waals surface area contributed by atoms with E-state index in [9.17, 15) is 14.4 Å². The Morgan fingerprint density at radius 3 is 2.46 bits per heavy atom. The van der Waals surface area contributed by atoms with Crippen LogP contribution >= 0.6 is 11.6 Å². The highest BCUT2D eigenvalue weighted by Gasteiger charge is 2.42. The van der Waals surface area contributed by atoms with Gasteiger partial charge in [0.2, 0.25) is 12.0 Å². The van der Waals surface area contributed by atoms with E-state index in [0.29, 0.717) is 16.5 Å². The fourth-order valence-corrected chi connectivity index (χ4v) is 3.69. The van der Waals surface area contributed by atoms with Crippen LogP contribution in [0.3, 0.4) is 0 Å². The lowest BCUT2D eigenvalue weighted by molar-refractivity contribution is 0.0389. The third kappa shape index (κ3) is 5.76. The maximum absolute atomic E-state index is 13.1. The van der Waals surface area contributed by atoms with Gasteiger partial charge in [-0.25, -0.2) is 30.1 Å². The lowest BCUT2D eigenvalue weighted by Crippen LogP contribution is -2.70. The molecule has 12 nitrogen and oxygen atoms in total. The number of hydrazine groups is 1. The van der Waals surface area contributed by atoms with Crippen molar-refractivity contribution in [1.29, 1.82) is 0 Å². The molecule has 1 atom stereocenters. The number of benzene rings is 2. The predicted octanol–water partition coefficient (Wildman–Crippen LogP) is 4.25. The van der Waals surface area contributed by atoms with Crippen molar-refractivity contribution in [2.75, 3.05) is 18.5 Å². The minimum Gasteiger partial charge on any atom is -0.460 e. The van der Waals surface area contributed by atoms with E-state index in [1.807, 2.05) is 0 Å². The summed E-state index contributed by atoms with van der Waals surface area (Å²) >= 11 is 5.98. The summed E-state index contributed by atoms with van der Waals surface area (Å²) in [7, 11) is 0. The van der Waals surface area contributed by atoms with Gasteiger partial charge in [-0.15, -0.1) is 0 Å². The van der Waals surface area contributed by atoms with E-state index in [1.165, 1.54) is 11.1 Å². The van der Waals surface area contributed by atoms with Crippen molar-refractivity contribution in [2.24, 2.45) is 5.84 Å². The van der Waals surface area contributed by atoms with Crippen LogP contribution in [0, 0.1) is 0 Å². The topological polar surface area (TPSA) is 143 Å². The van der Waals surface area contributed by atoms with Crippen LogP contribution in [-0.4, -0.2) is 57.3 Å². The fraction of sp³-hybridized carbons (Fsp3) is 0.250. The number of nitrogens with two attached hydrogens (primary N) is 1.